The minimum absolute atomic E-state index is 0.328. The Hall–Kier alpha value is -1.35. The van der Waals surface area contributed by atoms with E-state index in [9.17, 15) is 4.79 Å². The van der Waals surface area contributed by atoms with Crippen LogP contribution in [0.3, 0.4) is 0 Å². The predicted octanol–water partition coefficient (Wildman–Crippen LogP) is 2.78. The van der Waals surface area contributed by atoms with E-state index in [4.69, 9.17) is 0 Å². The quantitative estimate of drug-likeness (QED) is 0.775. The molecule has 1 heterocycles. The fraction of sp³-hybridized carbons (Fsp3) is 0.588. The van der Waals surface area contributed by atoms with Gasteiger partial charge < -0.3 is 10.2 Å². The van der Waals surface area contributed by atoms with Gasteiger partial charge in [0.05, 0.1) is 0 Å². The third kappa shape index (κ3) is 3.83. The lowest BCUT2D eigenvalue weighted by Gasteiger charge is -2.28. The monoisotopic (exact) mass is 274 g/mol. The Labute approximate surface area is 122 Å². The highest BCUT2D eigenvalue weighted by molar-refractivity contribution is 5.78. The molecular weight excluding hydrogens is 248 g/mol. The molecule has 1 amide bonds. The molecular formula is C17H26N2O. The van der Waals surface area contributed by atoms with E-state index in [1.54, 1.807) is 0 Å². The molecule has 110 valence electrons. The van der Waals surface area contributed by atoms with E-state index in [0.717, 1.165) is 38.9 Å². The molecule has 2 rings (SSSR count). The van der Waals surface area contributed by atoms with Crippen LogP contribution < -0.4 is 5.32 Å². The summed E-state index contributed by atoms with van der Waals surface area (Å²) >= 11 is 0. The molecule has 0 aromatic heterocycles. The summed E-state index contributed by atoms with van der Waals surface area (Å²) in [4.78, 5) is 14.2. The van der Waals surface area contributed by atoms with Crippen molar-refractivity contribution in [2.24, 2.45) is 0 Å². The van der Waals surface area contributed by atoms with Gasteiger partial charge in [0.1, 0.15) is 0 Å². The number of rotatable bonds is 7. The zero-order valence-electron chi connectivity index (χ0n) is 12.6. The highest BCUT2D eigenvalue weighted by Gasteiger charge is 2.31. The third-order valence-corrected chi connectivity index (χ3v) is 4.20. The zero-order chi connectivity index (χ0) is 14.4. The first-order valence-electron chi connectivity index (χ1n) is 7.77. The fourth-order valence-electron chi connectivity index (χ4n) is 2.97. The van der Waals surface area contributed by atoms with Crippen LogP contribution in [-0.2, 0) is 4.79 Å². The van der Waals surface area contributed by atoms with Crippen LogP contribution in [0.15, 0.2) is 30.3 Å². The molecule has 2 atom stereocenters. The number of amides is 1. The van der Waals surface area contributed by atoms with Crippen molar-refractivity contribution in [2.75, 3.05) is 19.6 Å². The second kappa shape index (κ2) is 7.44. The van der Waals surface area contributed by atoms with Crippen molar-refractivity contribution >= 4 is 5.91 Å². The summed E-state index contributed by atoms with van der Waals surface area (Å²) in [6.07, 6.45) is 2.81. The zero-order valence-corrected chi connectivity index (χ0v) is 12.6. The van der Waals surface area contributed by atoms with Crippen molar-refractivity contribution in [3.63, 3.8) is 0 Å². The maximum Gasteiger partial charge on any atom is 0.222 e. The van der Waals surface area contributed by atoms with Crippen molar-refractivity contribution in [3.05, 3.63) is 35.9 Å². The van der Waals surface area contributed by atoms with E-state index in [1.165, 1.54) is 5.56 Å². The van der Waals surface area contributed by atoms with Gasteiger partial charge in [-0.3, -0.25) is 4.79 Å². The largest absolute Gasteiger partial charge is 0.339 e. The molecule has 0 radical (unpaired) electrons. The Morgan fingerprint density at radius 2 is 2.10 bits per heavy atom. The Bertz CT molecular complexity index is 418. The van der Waals surface area contributed by atoms with Crippen LogP contribution in [0.2, 0.25) is 0 Å². The second-order valence-electron chi connectivity index (χ2n) is 5.69. The number of carbonyl (C=O) groups excluding carboxylic acids is 1. The smallest absolute Gasteiger partial charge is 0.222 e. The van der Waals surface area contributed by atoms with Gasteiger partial charge >= 0.3 is 0 Å². The Kier molecular flexibility index (Phi) is 5.60. The maximum absolute atomic E-state index is 12.1. The molecule has 0 saturated carbocycles. The van der Waals surface area contributed by atoms with Gasteiger partial charge in [-0.05, 0) is 37.4 Å². The molecule has 1 aliphatic heterocycles. The SMILES string of the molecule is CCNCC[C@H]1CCC(=O)N1C[C@H](C)c1ccccc1. The van der Waals surface area contributed by atoms with Crippen LogP contribution >= 0.6 is 0 Å². The Morgan fingerprint density at radius 1 is 1.35 bits per heavy atom. The van der Waals surface area contributed by atoms with Crippen molar-refractivity contribution in [2.45, 2.75) is 45.1 Å². The number of carbonyl (C=O) groups is 1. The van der Waals surface area contributed by atoms with E-state index in [2.05, 4.69) is 48.3 Å². The Balaban J connectivity index is 1.93. The molecule has 0 bridgehead atoms. The number of hydrogen-bond acceptors (Lipinski definition) is 2. The van der Waals surface area contributed by atoms with E-state index in [1.807, 2.05) is 6.07 Å². The third-order valence-electron chi connectivity index (χ3n) is 4.20. The molecule has 20 heavy (non-hydrogen) atoms. The first kappa shape index (κ1) is 15.0. The van der Waals surface area contributed by atoms with Crippen LogP contribution in [0.1, 0.15) is 44.6 Å². The standard InChI is InChI=1S/C17H26N2O/c1-3-18-12-11-16-9-10-17(20)19(16)13-14(2)15-7-5-4-6-8-15/h4-8,14,16,18H,3,9-13H2,1-2H3/t14-,16+/m0/s1. The number of likely N-dealkylation sites (tertiary alicyclic amines) is 1. The highest BCUT2D eigenvalue weighted by Crippen LogP contribution is 2.25. The van der Waals surface area contributed by atoms with Crippen LogP contribution in [0, 0.1) is 0 Å². The van der Waals surface area contributed by atoms with Gasteiger partial charge in [0, 0.05) is 19.0 Å². The molecule has 3 heteroatoms. The highest BCUT2D eigenvalue weighted by atomic mass is 16.2. The van der Waals surface area contributed by atoms with E-state index >= 15 is 0 Å². The molecule has 1 N–H and O–H groups in total. The fourth-order valence-corrected chi connectivity index (χ4v) is 2.97. The normalized spacial score (nSPS) is 20.4. The van der Waals surface area contributed by atoms with Crippen LogP contribution in [0.4, 0.5) is 0 Å². The summed E-state index contributed by atoms with van der Waals surface area (Å²) in [6, 6.07) is 10.9. The summed E-state index contributed by atoms with van der Waals surface area (Å²) in [5, 5.41) is 3.36. The lowest BCUT2D eigenvalue weighted by molar-refractivity contribution is -0.129. The number of hydrogen-bond donors (Lipinski definition) is 1. The number of benzene rings is 1. The average Bonchev–Trinajstić information content (AvgIpc) is 2.81. The molecule has 0 aliphatic carbocycles. The van der Waals surface area contributed by atoms with Gasteiger partial charge in [0.25, 0.3) is 0 Å². The van der Waals surface area contributed by atoms with Crippen LogP contribution in [-0.4, -0.2) is 36.5 Å². The summed E-state index contributed by atoms with van der Waals surface area (Å²) in [5.41, 5.74) is 1.32. The lowest BCUT2D eigenvalue weighted by atomic mass is 10.00. The maximum atomic E-state index is 12.1. The van der Waals surface area contributed by atoms with Gasteiger partial charge in [-0.25, -0.2) is 0 Å². The van der Waals surface area contributed by atoms with Crippen molar-refractivity contribution in [1.29, 1.82) is 0 Å². The van der Waals surface area contributed by atoms with Gasteiger partial charge in [-0.1, -0.05) is 44.2 Å². The number of nitrogens with zero attached hydrogens (tertiary/aromatic N) is 1. The van der Waals surface area contributed by atoms with Crippen molar-refractivity contribution < 1.29 is 4.79 Å². The van der Waals surface area contributed by atoms with Crippen molar-refractivity contribution in [3.8, 4) is 0 Å². The van der Waals surface area contributed by atoms with Gasteiger partial charge in [-0.2, -0.15) is 0 Å². The lowest BCUT2D eigenvalue weighted by Crippen LogP contribution is -2.37. The second-order valence-corrected chi connectivity index (χ2v) is 5.69. The molecule has 1 saturated heterocycles. The molecule has 1 aromatic rings. The van der Waals surface area contributed by atoms with Gasteiger partial charge in [0.15, 0.2) is 0 Å². The predicted molar refractivity (Wildman–Crippen MR) is 82.8 cm³/mol. The molecule has 1 aromatic carbocycles. The topological polar surface area (TPSA) is 32.3 Å². The average molecular weight is 274 g/mol. The summed E-state index contributed by atoms with van der Waals surface area (Å²) in [6.45, 7) is 7.18. The Morgan fingerprint density at radius 3 is 2.80 bits per heavy atom. The minimum atomic E-state index is 0.328. The van der Waals surface area contributed by atoms with E-state index < -0.39 is 0 Å². The summed E-state index contributed by atoms with van der Waals surface area (Å²) < 4.78 is 0. The summed E-state index contributed by atoms with van der Waals surface area (Å²) in [7, 11) is 0. The molecule has 0 spiro atoms. The molecule has 3 nitrogen and oxygen atoms in total. The molecule has 1 fully saturated rings. The van der Waals surface area contributed by atoms with E-state index in [-0.39, 0.29) is 0 Å². The minimum Gasteiger partial charge on any atom is -0.339 e. The number of nitrogens with one attached hydrogen (secondary N) is 1. The molecule has 1 aliphatic rings. The van der Waals surface area contributed by atoms with Gasteiger partial charge in [-0.15, -0.1) is 0 Å². The van der Waals surface area contributed by atoms with Crippen LogP contribution in [0.5, 0.6) is 0 Å². The van der Waals surface area contributed by atoms with Gasteiger partial charge in [0.2, 0.25) is 5.91 Å². The summed E-state index contributed by atoms with van der Waals surface area (Å²) in [5.74, 6) is 0.731. The van der Waals surface area contributed by atoms with Crippen molar-refractivity contribution in [1.82, 2.24) is 10.2 Å². The van der Waals surface area contributed by atoms with Crippen LogP contribution in [0.25, 0.3) is 0 Å². The molecule has 0 unspecified atom stereocenters. The first-order valence-corrected chi connectivity index (χ1v) is 7.77. The van der Waals surface area contributed by atoms with E-state index in [0.29, 0.717) is 17.9 Å². The first-order chi connectivity index (χ1) is 9.72.